The normalized spacial score (nSPS) is 18.8. The van der Waals surface area contributed by atoms with Crippen LogP contribution in [0.25, 0.3) is 11.3 Å². The summed E-state index contributed by atoms with van der Waals surface area (Å²) in [5, 5.41) is 7.01. The van der Waals surface area contributed by atoms with Crippen molar-refractivity contribution in [2.24, 2.45) is 5.41 Å². The van der Waals surface area contributed by atoms with Gasteiger partial charge in [-0.15, -0.1) is 0 Å². The van der Waals surface area contributed by atoms with E-state index in [9.17, 15) is 9.18 Å². The third kappa shape index (κ3) is 4.94. The number of rotatable bonds is 8. The summed E-state index contributed by atoms with van der Waals surface area (Å²) in [7, 11) is 1.67. The van der Waals surface area contributed by atoms with Crippen LogP contribution in [0.15, 0.2) is 65.2 Å². The average Bonchev–Trinajstić information content (AvgIpc) is 3.43. The van der Waals surface area contributed by atoms with Crippen LogP contribution < -0.4 is 10.1 Å². The first-order chi connectivity index (χ1) is 15.1. The Morgan fingerprint density at radius 2 is 2.00 bits per heavy atom. The molecule has 0 spiro atoms. The maximum Gasteiger partial charge on any atom is 0.227 e. The fraction of sp³-hybridized carbons (Fsp3) is 0.333. The van der Waals surface area contributed by atoms with E-state index in [-0.39, 0.29) is 11.7 Å². The van der Waals surface area contributed by atoms with Crippen molar-refractivity contribution in [3.63, 3.8) is 0 Å². The standard InChI is InChI=1S/C24H26FN3O3/c1-26-23(29)24(16-21-15-22(27-31-21)18-5-3-2-4-6-18)11-12-28(17-24)13-14-30-20-9-7-19(25)8-10-20/h2-10,15H,11-14,16-17H2,1H3,(H,26,29)/t24-/m1/s1. The summed E-state index contributed by atoms with van der Waals surface area (Å²) >= 11 is 0. The minimum Gasteiger partial charge on any atom is -0.492 e. The van der Waals surface area contributed by atoms with Gasteiger partial charge in [-0.3, -0.25) is 9.69 Å². The molecular formula is C24H26FN3O3. The van der Waals surface area contributed by atoms with Crippen molar-refractivity contribution in [1.29, 1.82) is 0 Å². The minimum atomic E-state index is -0.571. The number of ether oxygens (including phenoxy) is 1. The highest BCUT2D eigenvalue weighted by molar-refractivity contribution is 5.83. The maximum atomic E-state index is 13.0. The van der Waals surface area contributed by atoms with Crippen molar-refractivity contribution in [2.75, 3.05) is 33.3 Å². The summed E-state index contributed by atoms with van der Waals surface area (Å²) in [5.41, 5.74) is 1.18. The van der Waals surface area contributed by atoms with E-state index in [2.05, 4.69) is 15.4 Å². The van der Waals surface area contributed by atoms with Gasteiger partial charge in [0.25, 0.3) is 0 Å². The Labute approximate surface area is 181 Å². The Balaban J connectivity index is 1.39. The van der Waals surface area contributed by atoms with E-state index in [1.165, 1.54) is 12.1 Å². The number of carbonyl (C=O) groups is 1. The first-order valence-corrected chi connectivity index (χ1v) is 10.4. The molecule has 2 aromatic carbocycles. The zero-order valence-electron chi connectivity index (χ0n) is 17.5. The number of halogens is 1. The van der Waals surface area contributed by atoms with E-state index < -0.39 is 5.41 Å². The molecule has 1 aliphatic rings. The predicted octanol–water partition coefficient (Wildman–Crippen LogP) is 3.54. The molecule has 7 heteroatoms. The molecule has 0 bridgehead atoms. The predicted molar refractivity (Wildman–Crippen MR) is 115 cm³/mol. The summed E-state index contributed by atoms with van der Waals surface area (Å²) in [4.78, 5) is 15.0. The Morgan fingerprint density at radius 1 is 1.23 bits per heavy atom. The summed E-state index contributed by atoms with van der Waals surface area (Å²) in [6.07, 6.45) is 1.21. The van der Waals surface area contributed by atoms with Gasteiger partial charge in [-0.25, -0.2) is 4.39 Å². The third-order valence-corrected chi connectivity index (χ3v) is 5.77. The first-order valence-electron chi connectivity index (χ1n) is 10.4. The van der Waals surface area contributed by atoms with Crippen molar-refractivity contribution in [1.82, 2.24) is 15.4 Å². The van der Waals surface area contributed by atoms with Crippen molar-refractivity contribution in [2.45, 2.75) is 12.8 Å². The summed E-state index contributed by atoms with van der Waals surface area (Å²) in [6.45, 7) is 2.55. The van der Waals surface area contributed by atoms with Crippen molar-refractivity contribution < 1.29 is 18.4 Å². The lowest BCUT2D eigenvalue weighted by atomic mass is 9.81. The Hall–Kier alpha value is -3.19. The van der Waals surface area contributed by atoms with Crippen molar-refractivity contribution in [3.8, 4) is 17.0 Å². The van der Waals surface area contributed by atoms with Crippen LogP contribution in [0, 0.1) is 11.2 Å². The van der Waals surface area contributed by atoms with Crippen LogP contribution in [-0.4, -0.2) is 49.3 Å². The van der Waals surface area contributed by atoms with E-state index in [4.69, 9.17) is 9.26 Å². The van der Waals surface area contributed by atoms with Gasteiger partial charge in [0.05, 0.1) is 5.41 Å². The quantitative estimate of drug-likeness (QED) is 0.600. The third-order valence-electron chi connectivity index (χ3n) is 5.77. The highest BCUT2D eigenvalue weighted by Gasteiger charge is 2.45. The number of amides is 1. The second kappa shape index (κ2) is 9.31. The number of carbonyl (C=O) groups excluding carboxylic acids is 1. The van der Waals surface area contributed by atoms with Crippen LogP contribution >= 0.6 is 0 Å². The molecule has 0 unspecified atom stereocenters. The Morgan fingerprint density at radius 3 is 2.74 bits per heavy atom. The highest BCUT2D eigenvalue weighted by Crippen LogP contribution is 2.35. The summed E-state index contributed by atoms with van der Waals surface area (Å²) < 4.78 is 24.3. The molecule has 1 N–H and O–H groups in total. The number of hydrogen-bond donors (Lipinski definition) is 1. The molecule has 0 saturated carbocycles. The van der Waals surface area contributed by atoms with E-state index in [0.29, 0.717) is 37.6 Å². The largest absolute Gasteiger partial charge is 0.492 e. The van der Waals surface area contributed by atoms with Gasteiger partial charge in [0.1, 0.15) is 29.6 Å². The molecule has 1 aromatic heterocycles. The SMILES string of the molecule is CNC(=O)[C@@]1(Cc2cc(-c3ccccc3)no2)CCN(CCOc2ccc(F)cc2)C1. The van der Waals surface area contributed by atoms with Gasteiger partial charge in [-0.1, -0.05) is 35.5 Å². The van der Waals surface area contributed by atoms with Gasteiger partial charge in [-0.2, -0.15) is 0 Å². The van der Waals surface area contributed by atoms with Crippen LogP contribution in [-0.2, 0) is 11.2 Å². The molecule has 3 aromatic rings. The van der Waals surface area contributed by atoms with E-state index in [1.54, 1.807) is 19.2 Å². The summed E-state index contributed by atoms with van der Waals surface area (Å²) in [6, 6.07) is 17.7. The lowest BCUT2D eigenvalue weighted by Crippen LogP contribution is -2.43. The van der Waals surface area contributed by atoms with Gasteiger partial charge < -0.3 is 14.6 Å². The van der Waals surface area contributed by atoms with E-state index in [1.807, 2.05) is 36.4 Å². The summed E-state index contributed by atoms with van der Waals surface area (Å²) in [5.74, 6) is 1.05. The van der Waals surface area contributed by atoms with Crippen LogP contribution in [0.2, 0.25) is 0 Å². The molecule has 1 atom stereocenters. The molecule has 1 fully saturated rings. The molecular weight excluding hydrogens is 397 g/mol. The average molecular weight is 423 g/mol. The Bertz CT molecular complexity index is 1010. The molecule has 0 aliphatic carbocycles. The van der Waals surface area contributed by atoms with Gasteiger partial charge >= 0.3 is 0 Å². The van der Waals surface area contributed by atoms with Crippen molar-refractivity contribution in [3.05, 3.63) is 72.2 Å². The number of likely N-dealkylation sites (tertiary alicyclic amines) is 1. The van der Waals surface area contributed by atoms with Gasteiger partial charge in [0.2, 0.25) is 5.91 Å². The smallest absolute Gasteiger partial charge is 0.227 e. The molecule has 1 saturated heterocycles. The molecule has 2 heterocycles. The molecule has 4 rings (SSSR count). The number of benzene rings is 2. The van der Waals surface area contributed by atoms with Gasteiger partial charge in [0.15, 0.2) is 0 Å². The molecule has 1 aliphatic heterocycles. The van der Waals surface area contributed by atoms with Gasteiger partial charge in [0, 0.05) is 38.2 Å². The van der Waals surface area contributed by atoms with Gasteiger partial charge in [-0.05, 0) is 37.2 Å². The topological polar surface area (TPSA) is 67.6 Å². The fourth-order valence-corrected chi connectivity index (χ4v) is 4.12. The molecule has 6 nitrogen and oxygen atoms in total. The molecule has 162 valence electrons. The van der Waals surface area contributed by atoms with Crippen molar-refractivity contribution >= 4 is 5.91 Å². The number of hydrogen-bond acceptors (Lipinski definition) is 5. The lowest BCUT2D eigenvalue weighted by Gasteiger charge is -2.26. The fourth-order valence-electron chi connectivity index (χ4n) is 4.12. The molecule has 1 amide bonds. The Kier molecular flexibility index (Phi) is 6.32. The number of aromatic nitrogens is 1. The zero-order chi connectivity index (χ0) is 21.7. The van der Waals surface area contributed by atoms with E-state index in [0.717, 1.165) is 24.2 Å². The number of nitrogens with zero attached hydrogens (tertiary/aromatic N) is 2. The van der Waals surface area contributed by atoms with E-state index >= 15 is 0 Å². The second-order valence-electron chi connectivity index (χ2n) is 7.91. The maximum absolute atomic E-state index is 13.0. The van der Waals surface area contributed by atoms with Crippen LogP contribution in [0.1, 0.15) is 12.2 Å². The highest BCUT2D eigenvalue weighted by atomic mass is 19.1. The number of nitrogens with one attached hydrogen (secondary N) is 1. The minimum absolute atomic E-state index is 0.00659. The second-order valence-corrected chi connectivity index (χ2v) is 7.91. The van der Waals surface area contributed by atoms with Crippen LogP contribution in [0.3, 0.4) is 0 Å². The molecule has 0 radical (unpaired) electrons. The molecule has 31 heavy (non-hydrogen) atoms. The lowest BCUT2D eigenvalue weighted by molar-refractivity contribution is -0.130. The first kappa shape index (κ1) is 21.1. The monoisotopic (exact) mass is 423 g/mol. The van der Waals surface area contributed by atoms with Crippen LogP contribution in [0.5, 0.6) is 5.75 Å². The zero-order valence-corrected chi connectivity index (χ0v) is 17.5. The van der Waals surface area contributed by atoms with Crippen LogP contribution in [0.4, 0.5) is 4.39 Å².